The summed E-state index contributed by atoms with van der Waals surface area (Å²) in [5, 5.41) is 5.29. The van der Waals surface area contributed by atoms with Gasteiger partial charge in [0.1, 0.15) is 6.10 Å². The maximum absolute atomic E-state index is 12.1. The van der Waals surface area contributed by atoms with Crippen molar-refractivity contribution in [1.82, 2.24) is 5.32 Å². The van der Waals surface area contributed by atoms with Gasteiger partial charge in [0.05, 0.1) is 17.4 Å². The quantitative estimate of drug-likeness (QED) is 0.746. The third-order valence-electron chi connectivity index (χ3n) is 3.32. The zero-order valence-electron chi connectivity index (χ0n) is 11.4. The van der Waals surface area contributed by atoms with Gasteiger partial charge < -0.3 is 21.1 Å². The van der Waals surface area contributed by atoms with E-state index < -0.39 is 6.10 Å². The van der Waals surface area contributed by atoms with Crippen molar-refractivity contribution in [2.75, 3.05) is 18.9 Å². The van der Waals surface area contributed by atoms with E-state index >= 15 is 0 Å². The van der Waals surface area contributed by atoms with Crippen LogP contribution in [0, 0.1) is 0 Å². The topological polar surface area (TPSA) is 93.5 Å². The minimum Gasteiger partial charge on any atom is -0.364 e. The van der Waals surface area contributed by atoms with Crippen molar-refractivity contribution >= 4 is 17.5 Å². The molecule has 1 aromatic rings. The van der Waals surface area contributed by atoms with E-state index in [4.69, 9.17) is 10.5 Å². The summed E-state index contributed by atoms with van der Waals surface area (Å²) in [7, 11) is 1.55. The predicted molar refractivity (Wildman–Crippen MR) is 75.4 cm³/mol. The molecule has 0 radical (unpaired) electrons. The number of benzene rings is 1. The van der Waals surface area contributed by atoms with Gasteiger partial charge in [-0.25, -0.2) is 0 Å². The van der Waals surface area contributed by atoms with Crippen LogP contribution in [0.4, 0.5) is 5.69 Å². The lowest BCUT2D eigenvalue weighted by molar-refractivity contribution is -0.126. The number of hydrogen-bond donors (Lipinski definition) is 3. The van der Waals surface area contributed by atoms with Gasteiger partial charge in [-0.1, -0.05) is 12.1 Å². The van der Waals surface area contributed by atoms with E-state index in [0.29, 0.717) is 24.2 Å². The number of amides is 2. The van der Waals surface area contributed by atoms with Gasteiger partial charge in [-0.2, -0.15) is 0 Å². The highest BCUT2D eigenvalue weighted by Crippen LogP contribution is 2.21. The Bertz CT molecular complexity index is 504. The molecule has 0 bridgehead atoms. The van der Waals surface area contributed by atoms with Gasteiger partial charge in [0.15, 0.2) is 0 Å². The number of rotatable bonds is 4. The molecule has 1 fully saturated rings. The molecule has 2 amide bonds. The lowest BCUT2D eigenvalue weighted by atomic mass is 10.1. The normalized spacial score (nSPS) is 21.5. The van der Waals surface area contributed by atoms with Gasteiger partial charge >= 0.3 is 0 Å². The van der Waals surface area contributed by atoms with Gasteiger partial charge in [-0.15, -0.1) is 0 Å². The Hall–Kier alpha value is -1.92. The van der Waals surface area contributed by atoms with E-state index in [1.807, 2.05) is 0 Å². The number of carbonyl (C=O) groups is 2. The fourth-order valence-electron chi connectivity index (χ4n) is 2.21. The monoisotopic (exact) mass is 277 g/mol. The summed E-state index contributed by atoms with van der Waals surface area (Å²) in [6.07, 6.45) is 0.878. The average Bonchev–Trinajstić information content (AvgIpc) is 2.96. The molecule has 1 aliphatic heterocycles. The van der Waals surface area contributed by atoms with Crippen LogP contribution >= 0.6 is 0 Å². The zero-order valence-corrected chi connectivity index (χ0v) is 11.4. The molecule has 20 heavy (non-hydrogen) atoms. The van der Waals surface area contributed by atoms with E-state index in [1.165, 1.54) is 0 Å². The van der Waals surface area contributed by atoms with Crippen molar-refractivity contribution in [2.24, 2.45) is 5.73 Å². The Morgan fingerprint density at radius 2 is 2.10 bits per heavy atom. The highest BCUT2D eigenvalue weighted by atomic mass is 16.5. The maximum Gasteiger partial charge on any atom is 0.253 e. The number of ether oxygens (including phenoxy) is 1. The summed E-state index contributed by atoms with van der Waals surface area (Å²) >= 11 is 0. The largest absolute Gasteiger partial charge is 0.364 e. The molecule has 2 unspecified atom stereocenters. The van der Waals surface area contributed by atoms with E-state index in [-0.39, 0.29) is 17.9 Å². The van der Waals surface area contributed by atoms with Crippen LogP contribution in [0.15, 0.2) is 24.3 Å². The van der Waals surface area contributed by atoms with Crippen molar-refractivity contribution in [3.05, 3.63) is 29.8 Å². The molecule has 108 valence electrons. The molecular weight excluding hydrogens is 258 g/mol. The zero-order chi connectivity index (χ0) is 14.5. The third kappa shape index (κ3) is 3.15. The molecule has 1 heterocycles. The van der Waals surface area contributed by atoms with Crippen LogP contribution in [0.1, 0.15) is 23.2 Å². The number of hydrogen-bond acceptors (Lipinski definition) is 4. The van der Waals surface area contributed by atoms with Gasteiger partial charge in [0, 0.05) is 13.6 Å². The lowest BCUT2D eigenvalue weighted by Crippen LogP contribution is -2.30. The highest BCUT2D eigenvalue weighted by molar-refractivity contribution is 6.04. The standard InChI is InChI=1S/C14H19N3O3/c1-16-13(18)10-4-2-3-5-11(10)17-14(19)12-7-6-9(8-15)20-12/h2-5,9,12H,6-8,15H2,1H3,(H,16,18)(H,17,19). The van der Waals surface area contributed by atoms with Gasteiger partial charge in [-0.05, 0) is 25.0 Å². The molecule has 1 aliphatic rings. The summed E-state index contributed by atoms with van der Waals surface area (Å²) in [5.41, 5.74) is 6.43. The second-order valence-corrected chi connectivity index (χ2v) is 4.67. The van der Waals surface area contributed by atoms with Crippen molar-refractivity contribution in [1.29, 1.82) is 0 Å². The van der Waals surface area contributed by atoms with Crippen molar-refractivity contribution < 1.29 is 14.3 Å². The van der Waals surface area contributed by atoms with Crippen LogP contribution in [0.2, 0.25) is 0 Å². The first-order chi connectivity index (χ1) is 9.65. The molecule has 2 rings (SSSR count). The van der Waals surface area contributed by atoms with Gasteiger partial charge in [-0.3, -0.25) is 9.59 Å². The van der Waals surface area contributed by atoms with Crippen LogP contribution in [0.5, 0.6) is 0 Å². The van der Waals surface area contributed by atoms with Crippen LogP contribution in [-0.2, 0) is 9.53 Å². The number of carbonyl (C=O) groups excluding carboxylic acids is 2. The summed E-state index contributed by atoms with van der Waals surface area (Å²) in [6, 6.07) is 6.86. The third-order valence-corrected chi connectivity index (χ3v) is 3.32. The Morgan fingerprint density at radius 1 is 1.35 bits per heavy atom. The molecule has 6 nitrogen and oxygen atoms in total. The number of nitrogens with one attached hydrogen (secondary N) is 2. The molecule has 0 spiro atoms. The molecule has 2 atom stereocenters. The number of anilines is 1. The first kappa shape index (κ1) is 14.5. The fourth-order valence-corrected chi connectivity index (χ4v) is 2.21. The first-order valence-corrected chi connectivity index (χ1v) is 6.63. The molecule has 6 heteroatoms. The van der Waals surface area contributed by atoms with Crippen LogP contribution < -0.4 is 16.4 Å². The Kier molecular flexibility index (Phi) is 4.70. The summed E-state index contributed by atoms with van der Waals surface area (Å²) in [4.78, 5) is 23.9. The first-order valence-electron chi connectivity index (χ1n) is 6.63. The van der Waals surface area contributed by atoms with Crippen molar-refractivity contribution in [2.45, 2.75) is 25.0 Å². The second kappa shape index (κ2) is 6.49. The Labute approximate surface area is 117 Å². The number of nitrogens with two attached hydrogens (primary N) is 1. The van der Waals surface area contributed by atoms with E-state index in [2.05, 4.69) is 10.6 Å². The maximum atomic E-state index is 12.1. The minimum absolute atomic E-state index is 0.0556. The molecule has 0 aliphatic carbocycles. The number of para-hydroxylation sites is 1. The summed E-state index contributed by atoms with van der Waals surface area (Å²) < 4.78 is 5.53. The summed E-state index contributed by atoms with van der Waals surface area (Å²) in [6.45, 7) is 0.415. The fraction of sp³-hybridized carbons (Fsp3) is 0.429. The molecule has 1 saturated heterocycles. The van der Waals surface area contributed by atoms with Gasteiger partial charge in [0.2, 0.25) is 0 Å². The molecular formula is C14H19N3O3. The average molecular weight is 277 g/mol. The molecule has 0 aromatic heterocycles. The van der Waals surface area contributed by atoms with E-state index in [0.717, 1.165) is 6.42 Å². The smallest absolute Gasteiger partial charge is 0.253 e. The lowest BCUT2D eigenvalue weighted by Gasteiger charge is -2.14. The van der Waals surface area contributed by atoms with E-state index in [1.54, 1.807) is 31.3 Å². The van der Waals surface area contributed by atoms with Crippen LogP contribution in [0.25, 0.3) is 0 Å². The molecule has 4 N–H and O–H groups in total. The molecule has 0 saturated carbocycles. The predicted octanol–water partition coefficient (Wildman–Crippen LogP) is 0.491. The highest BCUT2D eigenvalue weighted by Gasteiger charge is 2.30. The van der Waals surface area contributed by atoms with Crippen LogP contribution in [-0.4, -0.2) is 37.6 Å². The van der Waals surface area contributed by atoms with Crippen molar-refractivity contribution in [3.63, 3.8) is 0 Å². The Balaban J connectivity index is 2.07. The Morgan fingerprint density at radius 3 is 2.75 bits per heavy atom. The molecule has 1 aromatic carbocycles. The van der Waals surface area contributed by atoms with E-state index in [9.17, 15) is 9.59 Å². The SMILES string of the molecule is CNC(=O)c1ccccc1NC(=O)C1CCC(CN)O1. The van der Waals surface area contributed by atoms with Crippen LogP contribution in [0.3, 0.4) is 0 Å². The minimum atomic E-state index is -0.499. The summed E-state index contributed by atoms with van der Waals surface area (Å²) in [5.74, 6) is -0.481. The van der Waals surface area contributed by atoms with Crippen molar-refractivity contribution in [3.8, 4) is 0 Å². The second-order valence-electron chi connectivity index (χ2n) is 4.67. The van der Waals surface area contributed by atoms with Gasteiger partial charge in [0.25, 0.3) is 11.8 Å².